The highest BCUT2D eigenvalue weighted by atomic mass is 16.5. The zero-order valence-corrected chi connectivity index (χ0v) is 9.27. The lowest BCUT2D eigenvalue weighted by Gasteiger charge is -2.05. The van der Waals surface area contributed by atoms with Gasteiger partial charge in [-0.05, 0) is 13.8 Å². The molecule has 0 aliphatic rings. The van der Waals surface area contributed by atoms with Crippen LogP contribution in [0.1, 0.15) is 17.3 Å². The third-order valence-electron chi connectivity index (χ3n) is 2.03. The molecule has 0 bridgehead atoms. The largest absolute Gasteiger partial charge is 0.370 e. The molecular weight excluding hydrogens is 206 g/mol. The molecule has 2 aromatic heterocycles. The van der Waals surface area contributed by atoms with Gasteiger partial charge < -0.3 is 9.84 Å². The molecule has 0 unspecified atom stereocenters. The van der Waals surface area contributed by atoms with Crippen molar-refractivity contribution in [1.29, 1.82) is 0 Å². The molecule has 0 spiro atoms. The summed E-state index contributed by atoms with van der Waals surface area (Å²) in [5, 5.41) is 6.92. The Morgan fingerprint density at radius 3 is 2.88 bits per heavy atom. The first-order valence-corrected chi connectivity index (χ1v) is 5.05. The predicted molar refractivity (Wildman–Crippen MR) is 58.0 cm³/mol. The van der Waals surface area contributed by atoms with E-state index in [1.54, 1.807) is 0 Å². The number of rotatable bonds is 4. The van der Waals surface area contributed by atoms with Crippen LogP contribution in [0.2, 0.25) is 0 Å². The van der Waals surface area contributed by atoms with Crippen LogP contribution in [-0.4, -0.2) is 26.7 Å². The van der Waals surface area contributed by atoms with Gasteiger partial charge in [0.2, 0.25) is 6.39 Å². The molecule has 6 nitrogen and oxygen atoms in total. The number of aromatic nitrogens is 4. The monoisotopic (exact) mass is 219 g/mol. The Bertz CT molecular complexity index is 434. The van der Waals surface area contributed by atoms with Crippen LogP contribution < -0.4 is 5.32 Å². The van der Waals surface area contributed by atoms with Gasteiger partial charge in [0.05, 0.1) is 0 Å². The summed E-state index contributed by atoms with van der Waals surface area (Å²) < 4.78 is 4.64. The van der Waals surface area contributed by atoms with E-state index in [0.29, 0.717) is 12.2 Å². The average molecular weight is 219 g/mol. The van der Waals surface area contributed by atoms with Crippen LogP contribution in [0.25, 0.3) is 0 Å². The van der Waals surface area contributed by atoms with E-state index in [2.05, 4.69) is 29.9 Å². The zero-order chi connectivity index (χ0) is 11.4. The molecule has 0 aliphatic heterocycles. The number of nitrogens with zero attached hydrogens (tertiary/aromatic N) is 4. The molecule has 0 amide bonds. The van der Waals surface area contributed by atoms with E-state index in [1.165, 1.54) is 6.39 Å². The number of nitrogens with one attached hydrogen (secondary N) is 1. The minimum atomic E-state index is 0.690. The summed E-state index contributed by atoms with van der Waals surface area (Å²) in [4.78, 5) is 12.4. The van der Waals surface area contributed by atoms with E-state index >= 15 is 0 Å². The van der Waals surface area contributed by atoms with Crippen molar-refractivity contribution < 1.29 is 4.52 Å². The van der Waals surface area contributed by atoms with Crippen molar-refractivity contribution in [3.8, 4) is 0 Å². The summed E-state index contributed by atoms with van der Waals surface area (Å²) in [6.07, 6.45) is 2.03. The van der Waals surface area contributed by atoms with Crippen LogP contribution in [0, 0.1) is 13.8 Å². The Balaban J connectivity index is 1.89. The van der Waals surface area contributed by atoms with Crippen molar-refractivity contribution in [2.45, 2.75) is 20.3 Å². The first-order valence-electron chi connectivity index (χ1n) is 5.05. The fourth-order valence-electron chi connectivity index (χ4n) is 1.41. The van der Waals surface area contributed by atoms with E-state index in [9.17, 15) is 0 Å². The van der Waals surface area contributed by atoms with E-state index in [0.717, 1.165) is 23.9 Å². The number of aryl methyl sites for hydroxylation is 2. The highest BCUT2D eigenvalue weighted by molar-refractivity contribution is 5.35. The third kappa shape index (κ3) is 2.75. The van der Waals surface area contributed by atoms with E-state index in [-0.39, 0.29) is 0 Å². The van der Waals surface area contributed by atoms with Crippen molar-refractivity contribution in [3.05, 3.63) is 29.8 Å². The van der Waals surface area contributed by atoms with Crippen LogP contribution in [-0.2, 0) is 6.42 Å². The Hall–Kier alpha value is -1.98. The van der Waals surface area contributed by atoms with E-state index < -0.39 is 0 Å². The highest BCUT2D eigenvalue weighted by Crippen LogP contribution is 2.05. The maximum absolute atomic E-state index is 4.64. The lowest BCUT2D eigenvalue weighted by molar-refractivity contribution is 0.410. The second kappa shape index (κ2) is 4.69. The highest BCUT2D eigenvalue weighted by Gasteiger charge is 2.00. The molecule has 0 atom stereocenters. The third-order valence-corrected chi connectivity index (χ3v) is 2.03. The van der Waals surface area contributed by atoms with Crippen molar-refractivity contribution >= 4 is 5.82 Å². The summed E-state index contributed by atoms with van der Waals surface area (Å²) in [6, 6.07) is 1.91. The summed E-state index contributed by atoms with van der Waals surface area (Å²) in [5.74, 6) is 2.28. The molecule has 0 radical (unpaired) electrons. The van der Waals surface area contributed by atoms with Crippen molar-refractivity contribution in [2.24, 2.45) is 0 Å². The molecule has 2 heterocycles. The Labute approximate surface area is 93.1 Å². The number of hydrogen-bond acceptors (Lipinski definition) is 6. The average Bonchev–Trinajstić information content (AvgIpc) is 2.69. The van der Waals surface area contributed by atoms with Gasteiger partial charge in [0.15, 0.2) is 5.82 Å². The molecule has 16 heavy (non-hydrogen) atoms. The van der Waals surface area contributed by atoms with Crippen LogP contribution in [0.3, 0.4) is 0 Å². The van der Waals surface area contributed by atoms with Gasteiger partial charge in [-0.1, -0.05) is 5.16 Å². The van der Waals surface area contributed by atoms with Crippen LogP contribution >= 0.6 is 0 Å². The van der Waals surface area contributed by atoms with E-state index in [4.69, 9.17) is 0 Å². The molecule has 2 aromatic rings. The lowest BCUT2D eigenvalue weighted by Crippen LogP contribution is -2.08. The van der Waals surface area contributed by atoms with Crippen molar-refractivity contribution in [3.63, 3.8) is 0 Å². The fourth-order valence-corrected chi connectivity index (χ4v) is 1.41. The Kier molecular flexibility index (Phi) is 3.09. The lowest BCUT2D eigenvalue weighted by atomic mass is 10.3. The van der Waals surface area contributed by atoms with Gasteiger partial charge in [-0.3, -0.25) is 0 Å². The fraction of sp³-hybridized carbons (Fsp3) is 0.400. The molecular formula is C10H13N5O. The van der Waals surface area contributed by atoms with Gasteiger partial charge in [0.1, 0.15) is 11.6 Å². The minimum absolute atomic E-state index is 0.690. The molecule has 0 aromatic carbocycles. The summed E-state index contributed by atoms with van der Waals surface area (Å²) in [6.45, 7) is 4.53. The number of hydrogen-bond donors (Lipinski definition) is 1. The zero-order valence-electron chi connectivity index (χ0n) is 9.27. The standard InChI is InChI=1S/C10H13N5O/c1-7-5-10(14-8(2)13-7)11-4-3-9-12-6-16-15-9/h5-6H,3-4H2,1-2H3,(H,11,13,14). The predicted octanol–water partition coefficient (Wildman–Crippen LogP) is 1.13. The molecule has 6 heteroatoms. The quantitative estimate of drug-likeness (QED) is 0.830. The van der Waals surface area contributed by atoms with Gasteiger partial charge in [0, 0.05) is 24.7 Å². The smallest absolute Gasteiger partial charge is 0.213 e. The molecule has 0 aliphatic carbocycles. The van der Waals surface area contributed by atoms with Gasteiger partial charge in [-0.15, -0.1) is 0 Å². The van der Waals surface area contributed by atoms with Gasteiger partial charge >= 0.3 is 0 Å². The van der Waals surface area contributed by atoms with Crippen molar-refractivity contribution in [1.82, 2.24) is 20.1 Å². The second-order valence-electron chi connectivity index (χ2n) is 3.47. The maximum Gasteiger partial charge on any atom is 0.213 e. The van der Waals surface area contributed by atoms with Crippen LogP contribution in [0.15, 0.2) is 17.0 Å². The van der Waals surface area contributed by atoms with Gasteiger partial charge in [-0.25, -0.2) is 9.97 Å². The molecule has 1 N–H and O–H groups in total. The second-order valence-corrected chi connectivity index (χ2v) is 3.47. The van der Waals surface area contributed by atoms with Gasteiger partial charge in [-0.2, -0.15) is 4.98 Å². The normalized spacial score (nSPS) is 10.4. The Morgan fingerprint density at radius 2 is 2.19 bits per heavy atom. The topological polar surface area (TPSA) is 76.7 Å². The molecule has 0 fully saturated rings. The summed E-state index contributed by atoms with van der Waals surface area (Å²) in [7, 11) is 0. The van der Waals surface area contributed by atoms with Crippen molar-refractivity contribution in [2.75, 3.05) is 11.9 Å². The molecule has 0 saturated heterocycles. The van der Waals surface area contributed by atoms with Gasteiger partial charge in [0.25, 0.3) is 0 Å². The summed E-state index contributed by atoms with van der Waals surface area (Å²) in [5.41, 5.74) is 0.953. The summed E-state index contributed by atoms with van der Waals surface area (Å²) >= 11 is 0. The minimum Gasteiger partial charge on any atom is -0.370 e. The molecule has 0 saturated carbocycles. The SMILES string of the molecule is Cc1cc(NCCc2ncon2)nc(C)n1. The first kappa shape index (κ1) is 10.5. The number of anilines is 1. The van der Waals surface area contributed by atoms with Crippen LogP contribution in [0.5, 0.6) is 0 Å². The molecule has 2 rings (SSSR count). The Morgan fingerprint density at radius 1 is 1.31 bits per heavy atom. The first-order chi connectivity index (χ1) is 7.74. The van der Waals surface area contributed by atoms with E-state index in [1.807, 2.05) is 19.9 Å². The maximum atomic E-state index is 4.64. The molecule has 84 valence electrons. The van der Waals surface area contributed by atoms with Crippen LogP contribution in [0.4, 0.5) is 5.82 Å².